The molecule has 2 atom stereocenters. The van der Waals surface area contributed by atoms with Crippen LogP contribution < -0.4 is 16.0 Å². The van der Waals surface area contributed by atoms with Gasteiger partial charge in [-0.05, 0) is 52.7 Å². The van der Waals surface area contributed by atoms with Crippen LogP contribution in [0.4, 0.5) is 14.9 Å². The normalized spacial score (nSPS) is 19.8. The van der Waals surface area contributed by atoms with Crippen LogP contribution in [0.25, 0.3) is 10.9 Å². The molecule has 1 aromatic heterocycles. The van der Waals surface area contributed by atoms with Crippen molar-refractivity contribution in [3.63, 3.8) is 0 Å². The minimum atomic E-state index is -0.774. The number of primary amides is 1. The van der Waals surface area contributed by atoms with Gasteiger partial charge in [0.2, 0.25) is 0 Å². The third kappa shape index (κ3) is 4.35. The lowest BCUT2D eigenvalue weighted by Gasteiger charge is -2.38. The summed E-state index contributed by atoms with van der Waals surface area (Å²) in [6, 6.07) is 0.682. The summed E-state index contributed by atoms with van der Waals surface area (Å²) in [5.41, 5.74) is 7.18. The Hall–Kier alpha value is -2.81. The molecule has 0 spiro atoms. The first-order valence-corrected chi connectivity index (χ1v) is 9.91. The number of hydrogen-bond donors (Lipinski definition) is 4. The molecule has 2 amide bonds. The topological polar surface area (TPSA) is 121 Å². The van der Waals surface area contributed by atoms with Gasteiger partial charge < -0.3 is 30.8 Å². The van der Waals surface area contributed by atoms with Gasteiger partial charge in [-0.1, -0.05) is 0 Å². The number of ether oxygens (including phenoxy) is 1. The van der Waals surface area contributed by atoms with E-state index >= 15 is 4.39 Å². The van der Waals surface area contributed by atoms with Gasteiger partial charge in [-0.3, -0.25) is 4.79 Å². The van der Waals surface area contributed by atoms with Crippen LogP contribution in [0, 0.1) is 19.7 Å². The molecule has 30 heavy (non-hydrogen) atoms. The van der Waals surface area contributed by atoms with Gasteiger partial charge in [0.15, 0.2) is 0 Å². The molecule has 0 radical (unpaired) electrons. The number of fused-ring (bicyclic) bond motifs is 1. The molecule has 0 aliphatic carbocycles. The van der Waals surface area contributed by atoms with Gasteiger partial charge in [0.05, 0.1) is 28.9 Å². The average Bonchev–Trinajstić information content (AvgIpc) is 2.87. The first-order valence-electron chi connectivity index (χ1n) is 9.91. The van der Waals surface area contributed by atoms with E-state index in [0.717, 1.165) is 17.3 Å². The number of β-amino-alcohol motifs (C(OH)–C–C–N with tert-alkyl or cyclic N) is 1. The van der Waals surface area contributed by atoms with Crippen molar-refractivity contribution in [2.75, 3.05) is 18.0 Å². The van der Waals surface area contributed by atoms with E-state index in [1.807, 2.05) is 13.8 Å². The van der Waals surface area contributed by atoms with Crippen molar-refractivity contribution < 1.29 is 23.8 Å². The molecular weight excluding hydrogens is 391 g/mol. The van der Waals surface area contributed by atoms with Crippen LogP contribution >= 0.6 is 0 Å². The number of piperidine rings is 1. The Labute approximate surface area is 174 Å². The minimum absolute atomic E-state index is 0.0726. The number of aryl methyl sites for hydroxylation is 2. The maximum absolute atomic E-state index is 15.2. The summed E-state index contributed by atoms with van der Waals surface area (Å²) in [5.74, 6) is -1.33. The second kappa shape index (κ2) is 7.79. The van der Waals surface area contributed by atoms with Crippen molar-refractivity contribution in [2.24, 2.45) is 5.73 Å². The number of nitrogens with one attached hydrogen (secondary N) is 2. The van der Waals surface area contributed by atoms with Crippen molar-refractivity contribution in [1.82, 2.24) is 10.3 Å². The summed E-state index contributed by atoms with van der Waals surface area (Å²) in [4.78, 5) is 28.8. The maximum atomic E-state index is 15.2. The van der Waals surface area contributed by atoms with Gasteiger partial charge in [-0.15, -0.1) is 0 Å². The Kier molecular flexibility index (Phi) is 5.68. The number of anilines is 1. The first-order chi connectivity index (χ1) is 13.9. The molecule has 1 aromatic carbocycles. The van der Waals surface area contributed by atoms with Crippen LogP contribution in [-0.2, 0) is 4.74 Å². The molecule has 0 bridgehead atoms. The number of nitrogens with two attached hydrogens (primary N) is 1. The third-order valence-electron chi connectivity index (χ3n) is 5.23. The van der Waals surface area contributed by atoms with Crippen LogP contribution in [0.1, 0.15) is 48.8 Å². The molecule has 1 aliphatic rings. The van der Waals surface area contributed by atoms with Crippen LogP contribution in [0.3, 0.4) is 0 Å². The summed E-state index contributed by atoms with van der Waals surface area (Å²) in [5, 5.41) is 13.7. The second-order valence-corrected chi connectivity index (χ2v) is 8.88. The number of benzene rings is 1. The van der Waals surface area contributed by atoms with E-state index in [1.165, 1.54) is 0 Å². The van der Waals surface area contributed by atoms with E-state index in [1.54, 1.807) is 25.7 Å². The summed E-state index contributed by atoms with van der Waals surface area (Å²) < 4.78 is 20.5. The molecule has 9 heteroatoms. The van der Waals surface area contributed by atoms with Crippen molar-refractivity contribution in [2.45, 2.75) is 58.8 Å². The van der Waals surface area contributed by atoms with E-state index in [-0.39, 0.29) is 24.3 Å². The number of aliphatic hydroxyl groups is 1. The number of alkyl carbamates (subject to hydrolysis) is 1. The fourth-order valence-corrected chi connectivity index (χ4v) is 3.94. The molecule has 164 valence electrons. The number of amides is 2. The molecule has 1 saturated heterocycles. The smallest absolute Gasteiger partial charge is 0.407 e. The van der Waals surface area contributed by atoms with Crippen molar-refractivity contribution in [3.05, 3.63) is 28.7 Å². The van der Waals surface area contributed by atoms with Gasteiger partial charge in [0.25, 0.3) is 5.91 Å². The lowest BCUT2D eigenvalue weighted by atomic mass is 9.99. The number of nitrogens with zero attached hydrogens (tertiary/aromatic N) is 1. The Balaban J connectivity index is 1.98. The van der Waals surface area contributed by atoms with Crippen LogP contribution in [-0.4, -0.2) is 52.9 Å². The van der Waals surface area contributed by atoms with E-state index in [4.69, 9.17) is 10.5 Å². The molecule has 1 fully saturated rings. The van der Waals surface area contributed by atoms with Crippen LogP contribution in [0.2, 0.25) is 0 Å². The number of carbonyl (C=O) groups excluding carboxylic acids is 2. The van der Waals surface area contributed by atoms with Gasteiger partial charge in [-0.2, -0.15) is 0 Å². The zero-order valence-corrected chi connectivity index (χ0v) is 17.9. The SMILES string of the molecule is Cc1[nH]c2c(C(N)=O)cc(F)c(N3C[C@@H](O)C[C@H](NC(=O)OC(C)(C)C)C3)c2c1C. The highest BCUT2D eigenvalue weighted by Gasteiger charge is 2.32. The summed E-state index contributed by atoms with van der Waals surface area (Å²) in [6.07, 6.45) is -1.04. The number of aliphatic hydroxyl groups excluding tert-OH is 1. The molecule has 3 rings (SSSR count). The van der Waals surface area contributed by atoms with Crippen molar-refractivity contribution >= 4 is 28.6 Å². The maximum Gasteiger partial charge on any atom is 0.407 e. The van der Waals surface area contributed by atoms with Crippen molar-refractivity contribution in [3.8, 4) is 0 Å². The van der Waals surface area contributed by atoms with Crippen LogP contribution in [0.5, 0.6) is 0 Å². The molecular formula is C21H29FN4O4. The van der Waals surface area contributed by atoms with E-state index in [0.29, 0.717) is 17.3 Å². The van der Waals surface area contributed by atoms with Gasteiger partial charge in [0, 0.05) is 24.2 Å². The van der Waals surface area contributed by atoms with Crippen molar-refractivity contribution in [1.29, 1.82) is 0 Å². The zero-order valence-electron chi connectivity index (χ0n) is 17.9. The highest BCUT2D eigenvalue weighted by molar-refractivity contribution is 6.10. The molecule has 1 aliphatic heterocycles. The lowest BCUT2D eigenvalue weighted by Crippen LogP contribution is -2.53. The van der Waals surface area contributed by atoms with E-state index in [2.05, 4.69) is 10.3 Å². The average molecular weight is 420 g/mol. The first kappa shape index (κ1) is 21.9. The third-order valence-corrected chi connectivity index (χ3v) is 5.23. The fraction of sp³-hybridized carbons (Fsp3) is 0.524. The van der Waals surface area contributed by atoms with Crippen LogP contribution in [0.15, 0.2) is 6.07 Å². The number of H-pyrrole nitrogens is 1. The Bertz CT molecular complexity index is 995. The Morgan fingerprint density at radius 3 is 2.60 bits per heavy atom. The van der Waals surface area contributed by atoms with Gasteiger partial charge >= 0.3 is 6.09 Å². The van der Waals surface area contributed by atoms with E-state index in [9.17, 15) is 14.7 Å². The second-order valence-electron chi connectivity index (χ2n) is 8.88. The molecule has 0 unspecified atom stereocenters. The predicted octanol–water partition coefficient (Wildman–Crippen LogP) is 2.49. The number of halogens is 1. The standard InChI is InChI=1S/C21H29FN4O4/c1-10-11(2)24-17-14(19(23)28)7-15(22)18(16(10)17)26-8-12(6-13(27)9-26)25-20(29)30-21(3,4)5/h7,12-13,24,27H,6,8-9H2,1-5H3,(H2,23,28)(H,25,29)/t12-,13-/m0/s1. The number of aromatic nitrogens is 1. The summed E-state index contributed by atoms with van der Waals surface area (Å²) >= 11 is 0. The highest BCUT2D eigenvalue weighted by atomic mass is 19.1. The Morgan fingerprint density at radius 1 is 1.33 bits per heavy atom. The lowest BCUT2D eigenvalue weighted by molar-refractivity contribution is 0.0473. The quantitative estimate of drug-likeness (QED) is 0.608. The molecule has 0 saturated carbocycles. The summed E-state index contributed by atoms with van der Waals surface area (Å²) in [6.45, 7) is 9.42. The number of hydrogen-bond acceptors (Lipinski definition) is 5. The number of carbonyl (C=O) groups is 2. The summed E-state index contributed by atoms with van der Waals surface area (Å²) in [7, 11) is 0. The number of aromatic amines is 1. The molecule has 8 nitrogen and oxygen atoms in total. The fourth-order valence-electron chi connectivity index (χ4n) is 3.94. The minimum Gasteiger partial charge on any atom is -0.444 e. The number of rotatable bonds is 3. The molecule has 2 heterocycles. The zero-order chi connectivity index (χ0) is 22.4. The molecule has 5 N–H and O–H groups in total. The van der Waals surface area contributed by atoms with Gasteiger partial charge in [0.1, 0.15) is 11.4 Å². The van der Waals surface area contributed by atoms with Gasteiger partial charge in [-0.25, -0.2) is 9.18 Å². The monoisotopic (exact) mass is 420 g/mol. The predicted molar refractivity (Wildman–Crippen MR) is 112 cm³/mol. The highest BCUT2D eigenvalue weighted by Crippen LogP contribution is 2.37. The Morgan fingerprint density at radius 2 is 2.00 bits per heavy atom. The largest absolute Gasteiger partial charge is 0.444 e. The van der Waals surface area contributed by atoms with E-state index < -0.39 is 35.6 Å². The molecule has 2 aromatic rings.